The molecule has 0 aliphatic carbocycles. The average molecular weight is 227 g/mol. The number of nitrogens with one attached hydrogen (secondary N) is 2. The summed E-state index contributed by atoms with van der Waals surface area (Å²) in [7, 11) is 0. The molecular weight excluding hydrogens is 202 g/mol. The summed E-state index contributed by atoms with van der Waals surface area (Å²) in [5.74, 6) is 0.162. The van der Waals surface area contributed by atoms with Crippen LogP contribution in [-0.4, -0.2) is 49.1 Å². The molecule has 2 unspecified atom stereocenters. The number of carbonyl (C=O) groups excluding carboxylic acids is 1. The van der Waals surface area contributed by atoms with Gasteiger partial charge in [-0.2, -0.15) is 0 Å². The molecule has 1 aliphatic heterocycles. The van der Waals surface area contributed by atoms with E-state index in [2.05, 4.69) is 36.3 Å². The Balaban J connectivity index is 2.22. The Kier molecular flexibility index (Phi) is 5.77. The lowest BCUT2D eigenvalue weighted by Crippen LogP contribution is -2.56. The lowest BCUT2D eigenvalue weighted by molar-refractivity contribution is -0.122. The predicted octanol–water partition coefficient (Wildman–Crippen LogP) is 0.585. The van der Waals surface area contributed by atoms with E-state index in [1.54, 1.807) is 0 Å². The first kappa shape index (κ1) is 13.5. The average Bonchev–Trinajstić information content (AvgIpc) is 2.16. The zero-order chi connectivity index (χ0) is 12.0. The summed E-state index contributed by atoms with van der Waals surface area (Å²) in [5.41, 5.74) is 0. The Morgan fingerprint density at radius 3 is 2.56 bits per heavy atom. The molecule has 1 saturated heterocycles. The van der Waals surface area contributed by atoms with Crippen molar-refractivity contribution in [2.75, 3.05) is 26.2 Å². The molecule has 94 valence electrons. The summed E-state index contributed by atoms with van der Waals surface area (Å²) in [6.45, 7) is 9.74. The third-order valence-electron chi connectivity index (χ3n) is 2.85. The number of carbonyl (C=O) groups is 1. The second-order valence-electron chi connectivity index (χ2n) is 4.87. The second kappa shape index (κ2) is 6.86. The van der Waals surface area contributed by atoms with Crippen molar-refractivity contribution < 1.29 is 4.79 Å². The van der Waals surface area contributed by atoms with Crippen LogP contribution in [0.1, 0.15) is 33.6 Å². The number of hydrogen-bond acceptors (Lipinski definition) is 3. The van der Waals surface area contributed by atoms with Gasteiger partial charge in [-0.1, -0.05) is 13.3 Å². The smallest absolute Gasteiger partial charge is 0.234 e. The second-order valence-corrected chi connectivity index (χ2v) is 4.87. The molecule has 0 spiro atoms. The number of amides is 1. The Morgan fingerprint density at radius 2 is 2.00 bits per heavy atom. The summed E-state index contributed by atoms with van der Waals surface area (Å²) in [6.07, 6.45) is 2.20. The molecule has 1 rings (SSSR count). The van der Waals surface area contributed by atoms with E-state index in [1.807, 2.05) is 0 Å². The van der Waals surface area contributed by atoms with E-state index in [1.165, 1.54) is 0 Å². The topological polar surface area (TPSA) is 44.4 Å². The van der Waals surface area contributed by atoms with E-state index in [-0.39, 0.29) is 5.91 Å². The molecule has 1 fully saturated rings. The van der Waals surface area contributed by atoms with Crippen molar-refractivity contribution in [1.29, 1.82) is 0 Å². The monoisotopic (exact) mass is 227 g/mol. The normalized spacial score (nSPS) is 26.7. The van der Waals surface area contributed by atoms with Gasteiger partial charge >= 0.3 is 0 Å². The van der Waals surface area contributed by atoms with Gasteiger partial charge in [0.2, 0.25) is 5.91 Å². The lowest BCUT2D eigenvalue weighted by atomic mass is 10.1. The van der Waals surface area contributed by atoms with Crippen molar-refractivity contribution in [1.82, 2.24) is 15.5 Å². The van der Waals surface area contributed by atoms with Crippen LogP contribution in [-0.2, 0) is 4.79 Å². The number of piperazine rings is 1. The van der Waals surface area contributed by atoms with E-state index in [0.717, 1.165) is 32.5 Å². The maximum atomic E-state index is 11.6. The molecule has 4 heteroatoms. The molecule has 1 amide bonds. The summed E-state index contributed by atoms with van der Waals surface area (Å²) < 4.78 is 0. The van der Waals surface area contributed by atoms with Crippen LogP contribution in [0, 0.1) is 0 Å². The highest BCUT2D eigenvalue weighted by Crippen LogP contribution is 2.03. The molecule has 2 N–H and O–H groups in total. The fourth-order valence-electron chi connectivity index (χ4n) is 2.23. The van der Waals surface area contributed by atoms with Crippen LogP contribution in [0.3, 0.4) is 0 Å². The standard InChI is InChI=1S/C12H25N3O/c1-4-5-6-13-12(16)9-15-7-10(2)14-11(3)8-15/h10-11,14H,4-9H2,1-3H3,(H,13,16). The zero-order valence-electron chi connectivity index (χ0n) is 10.8. The van der Waals surface area contributed by atoms with E-state index in [4.69, 9.17) is 0 Å². The molecule has 1 heterocycles. The van der Waals surface area contributed by atoms with Gasteiger partial charge in [0.05, 0.1) is 6.54 Å². The SMILES string of the molecule is CCCCNC(=O)CN1CC(C)NC(C)C1. The highest BCUT2D eigenvalue weighted by Gasteiger charge is 2.22. The van der Waals surface area contributed by atoms with Gasteiger partial charge in [0.1, 0.15) is 0 Å². The number of hydrogen-bond donors (Lipinski definition) is 2. The number of rotatable bonds is 5. The van der Waals surface area contributed by atoms with E-state index < -0.39 is 0 Å². The first-order valence-corrected chi connectivity index (χ1v) is 6.37. The summed E-state index contributed by atoms with van der Waals surface area (Å²) in [4.78, 5) is 13.9. The molecule has 0 bridgehead atoms. The van der Waals surface area contributed by atoms with Crippen LogP contribution < -0.4 is 10.6 Å². The highest BCUT2D eigenvalue weighted by molar-refractivity contribution is 5.77. The van der Waals surface area contributed by atoms with Gasteiger partial charge in [0.15, 0.2) is 0 Å². The Hall–Kier alpha value is -0.610. The van der Waals surface area contributed by atoms with Gasteiger partial charge in [-0.05, 0) is 20.3 Å². The van der Waals surface area contributed by atoms with Crippen LogP contribution in [0.4, 0.5) is 0 Å². The van der Waals surface area contributed by atoms with Crippen molar-refractivity contribution in [3.8, 4) is 0 Å². The molecule has 16 heavy (non-hydrogen) atoms. The van der Waals surface area contributed by atoms with Crippen molar-refractivity contribution in [3.05, 3.63) is 0 Å². The minimum atomic E-state index is 0.162. The van der Waals surface area contributed by atoms with E-state index in [0.29, 0.717) is 18.6 Å². The Labute approximate surface area is 98.8 Å². The third kappa shape index (κ3) is 4.94. The van der Waals surface area contributed by atoms with Gasteiger partial charge in [-0.15, -0.1) is 0 Å². The maximum Gasteiger partial charge on any atom is 0.234 e. The minimum absolute atomic E-state index is 0.162. The predicted molar refractivity (Wildman–Crippen MR) is 66.4 cm³/mol. The zero-order valence-corrected chi connectivity index (χ0v) is 10.8. The fraction of sp³-hybridized carbons (Fsp3) is 0.917. The maximum absolute atomic E-state index is 11.6. The lowest BCUT2D eigenvalue weighted by Gasteiger charge is -2.35. The molecule has 0 aromatic carbocycles. The van der Waals surface area contributed by atoms with Crippen molar-refractivity contribution in [3.63, 3.8) is 0 Å². The first-order valence-electron chi connectivity index (χ1n) is 6.37. The molecule has 0 radical (unpaired) electrons. The van der Waals surface area contributed by atoms with Gasteiger partial charge in [-0.3, -0.25) is 9.69 Å². The summed E-state index contributed by atoms with van der Waals surface area (Å²) in [6, 6.07) is 0.958. The Morgan fingerprint density at radius 1 is 1.38 bits per heavy atom. The molecule has 0 saturated carbocycles. The molecule has 0 aromatic rings. The Bertz CT molecular complexity index is 210. The molecule has 2 atom stereocenters. The molecule has 4 nitrogen and oxygen atoms in total. The van der Waals surface area contributed by atoms with E-state index in [9.17, 15) is 4.79 Å². The largest absolute Gasteiger partial charge is 0.355 e. The van der Waals surface area contributed by atoms with Crippen molar-refractivity contribution >= 4 is 5.91 Å². The fourth-order valence-corrected chi connectivity index (χ4v) is 2.23. The third-order valence-corrected chi connectivity index (χ3v) is 2.85. The van der Waals surface area contributed by atoms with E-state index >= 15 is 0 Å². The molecule has 1 aliphatic rings. The van der Waals surface area contributed by atoms with Gasteiger partial charge in [0, 0.05) is 31.7 Å². The van der Waals surface area contributed by atoms with Crippen LogP contribution >= 0.6 is 0 Å². The van der Waals surface area contributed by atoms with Crippen LogP contribution in [0.25, 0.3) is 0 Å². The first-order chi connectivity index (χ1) is 7.61. The summed E-state index contributed by atoms with van der Waals surface area (Å²) in [5, 5.41) is 6.42. The number of unbranched alkanes of at least 4 members (excludes halogenated alkanes) is 1. The van der Waals surface area contributed by atoms with Crippen molar-refractivity contribution in [2.24, 2.45) is 0 Å². The highest BCUT2D eigenvalue weighted by atomic mass is 16.2. The van der Waals surface area contributed by atoms with Gasteiger partial charge in [-0.25, -0.2) is 0 Å². The van der Waals surface area contributed by atoms with Crippen LogP contribution in [0.15, 0.2) is 0 Å². The number of nitrogens with zero attached hydrogens (tertiary/aromatic N) is 1. The van der Waals surface area contributed by atoms with Gasteiger partial charge < -0.3 is 10.6 Å². The van der Waals surface area contributed by atoms with Crippen LogP contribution in [0.2, 0.25) is 0 Å². The minimum Gasteiger partial charge on any atom is -0.355 e. The molecule has 0 aromatic heterocycles. The van der Waals surface area contributed by atoms with Gasteiger partial charge in [0.25, 0.3) is 0 Å². The summed E-state index contributed by atoms with van der Waals surface area (Å²) >= 11 is 0. The van der Waals surface area contributed by atoms with Crippen LogP contribution in [0.5, 0.6) is 0 Å². The molecular formula is C12H25N3O. The van der Waals surface area contributed by atoms with Crippen molar-refractivity contribution in [2.45, 2.75) is 45.7 Å². The quantitative estimate of drug-likeness (QED) is 0.676.